The maximum atomic E-state index is 11.9. The molecule has 0 radical (unpaired) electrons. The average Bonchev–Trinajstić information content (AvgIpc) is 2.86. The number of hydrogen-bond acceptors (Lipinski definition) is 3. The molecule has 0 saturated heterocycles. The summed E-state index contributed by atoms with van der Waals surface area (Å²) in [6.45, 7) is 1.86. The molecule has 0 aliphatic heterocycles. The minimum atomic E-state index is -0.353. The minimum absolute atomic E-state index is 0.157. The highest BCUT2D eigenvalue weighted by molar-refractivity contribution is 6.32. The number of hydrogen-bond donors (Lipinski definition) is 1. The van der Waals surface area contributed by atoms with Crippen molar-refractivity contribution in [2.75, 3.05) is 6.61 Å². The summed E-state index contributed by atoms with van der Waals surface area (Å²) in [5.74, 6) is 0.113. The fraction of sp³-hybridized carbons (Fsp3) is 0.158. The number of amides is 1. The first-order valence-corrected chi connectivity index (χ1v) is 8.19. The van der Waals surface area contributed by atoms with Crippen LogP contribution < -0.4 is 10.2 Å². The van der Waals surface area contributed by atoms with Gasteiger partial charge < -0.3 is 9.30 Å². The minimum Gasteiger partial charge on any atom is -0.482 e. The Morgan fingerprint density at radius 1 is 1.24 bits per heavy atom. The fourth-order valence-corrected chi connectivity index (χ4v) is 2.81. The SMILES string of the molecule is Cc1c(C=NNC(=O)COc2ccccc2Cl)c2ccccc2n1C. The molecule has 0 aliphatic carbocycles. The van der Waals surface area contributed by atoms with Crippen molar-refractivity contribution in [1.82, 2.24) is 9.99 Å². The lowest BCUT2D eigenvalue weighted by Gasteiger charge is -2.06. The van der Waals surface area contributed by atoms with Gasteiger partial charge in [-0.15, -0.1) is 0 Å². The van der Waals surface area contributed by atoms with E-state index in [1.54, 1.807) is 30.5 Å². The summed E-state index contributed by atoms with van der Waals surface area (Å²) in [4.78, 5) is 11.9. The molecule has 3 rings (SSSR count). The molecule has 1 aromatic heterocycles. The molecule has 0 fully saturated rings. The van der Waals surface area contributed by atoms with Gasteiger partial charge in [0.05, 0.1) is 11.2 Å². The van der Waals surface area contributed by atoms with Crippen LogP contribution in [-0.4, -0.2) is 23.3 Å². The zero-order valence-corrected chi connectivity index (χ0v) is 14.7. The van der Waals surface area contributed by atoms with E-state index in [9.17, 15) is 4.79 Å². The molecule has 0 spiro atoms. The van der Waals surface area contributed by atoms with Gasteiger partial charge in [0.2, 0.25) is 0 Å². The van der Waals surface area contributed by atoms with Crippen LogP contribution in [0.2, 0.25) is 5.02 Å². The molecular weight excluding hydrogens is 338 g/mol. The van der Waals surface area contributed by atoms with E-state index in [2.05, 4.69) is 21.2 Å². The van der Waals surface area contributed by atoms with Crippen molar-refractivity contribution < 1.29 is 9.53 Å². The molecule has 0 atom stereocenters. The summed E-state index contributed by atoms with van der Waals surface area (Å²) in [6, 6.07) is 15.1. The third-order valence-electron chi connectivity index (χ3n) is 4.03. The average molecular weight is 356 g/mol. The first-order valence-electron chi connectivity index (χ1n) is 7.81. The van der Waals surface area contributed by atoms with Crippen molar-refractivity contribution in [2.24, 2.45) is 12.1 Å². The maximum absolute atomic E-state index is 11.9. The Balaban J connectivity index is 1.65. The zero-order chi connectivity index (χ0) is 17.8. The van der Waals surface area contributed by atoms with Crippen molar-refractivity contribution in [3.63, 3.8) is 0 Å². The third-order valence-corrected chi connectivity index (χ3v) is 4.34. The summed E-state index contributed by atoms with van der Waals surface area (Å²) >= 11 is 5.98. The van der Waals surface area contributed by atoms with E-state index in [0.717, 1.165) is 22.2 Å². The van der Waals surface area contributed by atoms with Crippen molar-refractivity contribution >= 4 is 34.6 Å². The normalized spacial score (nSPS) is 11.2. The van der Waals surface area contributed by atoms with Crippen LogP contribution in [0, 0.1) is 6.92 Å². The second-order valence-corrected chi connectivity index (χ2v) is 5.99. The van der Waals surface area contributed by atoms with Crippen LogP contribution in [0.15, 0.2) is 53.6 Å². The van der Waals surface area contributed by atoms with Crippen LogP contribution in [-0.2, 0) is 11.8 Å². The molecule has 0 bridgehead atoms. The number of fused-ring (bicyclic) bond motifs is 1. The molecule has 6 heteroatoms. The van der Waals surface area contributed by atoms with Crippen molar-refractivity contribution in [3.05, 3.63) is 64.8 Å². The van der Waals surface area contributed by atoms with Gasteiger partial charge >= 0.3 is 0 Å². The number of halogens is 1. The van der Waals surface area contributed by atoms with Gasteiger partial charge in [0, 0.05) is 29.2 Å². The highest BCUT2D eigenvalue weighted by Gasteiger charge is 2.09. The van der Waals surface area contributed by atoms with Crippen LogP contribution in [0.25, 0.3) is 10.9 Å². The van der Waals surface area contributed by atoms with E-state index in [0.29, 0.717) is 10.8 Å². The first kappa shape index (κ1) is 17.0. The van der Waals surface area contributed by atoms with Gasteiger partial charge in [-0.3, -0.25) is 4.79 Å². The van der Waals surface area contributed by atoms with E-state index in [1.165, 1.54) is 0 Å². The number of hydrazone groups is 1. The summed E-state index contributed by atoms with van der Waals surface area (Å²) < 4.78 is 7.47. The van der Waals surface area contributed by atoms with Crippen LogP contribution in [0.1, 0.15) is 11.3 Å². The largest absolute Gasteiger partial charge is 0.482 e. The quantitative estimate of drug-likeness (QED) is 0.561. The van der Waals surface area contributed by atoms with E-state index in [-0.39, 0.29) is 12.5 Å². The molecule has 2 aromatic carbocycles. The first-order chi connectivity index (χ1) is 12.1. The Hall–Kier alpha value is -2.79. The number of benzene rings is 2. The molecule has 0 aliphatic rings. The van der Waals surface area contributed by atoms with E-state index in [1.807, 2.05) is 32.2 Å². The van der Waals surface area contributed by atoms with Crippen LogP contribution in [0.4, 0.5) is 0 Å². The molecule has 1 heterocycles. The molecule has 3 aromatic rings. The number of carbonyl (C=O) groups is 1. The highest BCUT2D eigenvalue weighted by Crippen LogP contribution is 2.23. The summed E-state index contributed by atoms with van der Waals surface area (Å²) in [6.07, 6.45) is 1.66. The maximum Gasteiger partial charge on any atom is 0.277 e. The van der Waals surface area contributed by atoms with Crippen molar-refractivity contribution in [1.29, 1.82) is 0 Å². The molecule has 0 saturated carbocycles. The lowest BCUT2D eigenvalue weighted by molar-refractivity contribution is -0.123. The Morgan fingerprint density at radius 3 is 2.76 bits per heavy atom. The molecule has 25 heavy (non-hydrogen) atoms. The fourth-order valence-electron chi connectivity index (χ4n) is 2.62. The van der Waals surface area contributed by atoms with Gasteiger partial charge in [0.1, 0.15) is 5.75 Å². The predicted molar refractivity (Wildman–Crippen MR) is 100 cm³/mol. The van der Waals surface area contributed by atoms with E-state index in [4.69, 9.17) is 16.3 Å². The molecular formula is C19H18ClN3O2. The second-order valence-electron chi connectivity index (χ2n) is 5.59. The van der Waals surface area contributed by atoms with Gasteiger partial charge in [0.15, 0.2) is 6.61 Å². The summed E-state index contributed by atoms with van der Waals surface area (Å²) in [5.41, 5.74) is 5.65. The molecule has 5 nitrogen and oxygen atoms in total. The monoisotopic (exact) mass is 355 g/mol. The van der Waals surface area contributed by atoms with E-state index < -0.39 is 0 Å². The van der Waals surface area contributed by atoms with Crippen molar-refractivity contribution in [3.8, 4) is 5.75 Å². The number of nitrogens with one attached hydrogen (secondary N) is 1. The predicted octanol–water partition coefficient (Wildman–Crippen LogP) is 3.67. The van der Waals surface area contributed by atoms with Crippen LogP contribution >= 0.6 is 11.6 Å². The third kappa shape index (κ3) is 3.67. The Bertz CT molecular complexity index is 947. The number of para-hydroxylation sites is 2. The van der Waals surface area contributed by atoms with Crippen LogP contribution in [0.3, 0.4) is 0 Å². The van der Waals surface area contributed by atoms with Gasteiger partial charge in [-0.25, -0.2) is 5.43 Å². The van der Waals surface area contributed by atoms with Crippen LogP contribution in [0.5, 0.6) is 5.75 Å². The topological polar surface area (TPSA) is 55.6 Å². The smallest absolute Gasteiger partial charge is 0.277 e. The number of ether oxygens (including phenoxy) is 1. The Kier molecular flexibility index (Phi) is 5.05. The number of aryl methyl sites for hydroxylation is 1. The summed E-state index contributed by atoms with van der Waals surface area (Å²) in [7, 11) is 2.00. The number of nitrogens with zero attached hydrogens (tertiary/aromatic N) is 2. The lowest BCUT2D eigenvalue weighted by Crippen LogP contribution is -2.24. The number of rotatable bonds is 5. The zero-order valence-electron chi connectivity index (χ0n) is 14.0. The second kappa shape index (κ2) is 7.40. The molecule has 128 valence electrons. The molecule has 1 N–H and O–H groups in total. The number of carbonyl (C=O) groups excluding carboxylic acids is 1. The standard InChI is InChI=1S/C19H18ClN3O2/c1-13-15(14-7-3-5-9-17(14)23(13)2)11-21-22-19(24)12-25-18-10-6-4-8-16(18)20/h3-11H,12H2,1-2H3,(H,22,24). The van der Waals surface area contributed by atoms with Gasteiger partial charge in [-0.05, 0) is 25.1 Å². The van der Waals surface area contributed by atoms with Gasteiger partial charge in [-0.2, -0.15) is 5.10 Å². The van der Waals surface area contributed by atoms with E-state index >= 15 is 0 Å². The summed E-state index contributed by atoms with van der Waals surface area (Å²) in [5, 5.41) is 5.60. The lowest BCUT2D eigenvalue weighted by atomic mass is 10.1. The molecule has 1 amide bonds. The Labute approximate surface area is 150 Å². The number of aromatic nitrogens is 1. The van der Waals surface area contributed by atoms with Gasteiger partial charge in [-0.1, -0.05) is 41.9 Å². The van der Waals surface area contributed by atoms with Crippen molar-refractivity contribution in [2.45, 2.75) is 6.92 Å². The molecule has 0 unspecified atom stereocenters. The van der Waals surface area contributed by atoms with Gasteiger partial charge in [0.25, 0.3) is 5.91 Å². The highest BCUT2D eigenvalue weighted by atomic mass is 35.5. The Morgan fingerprint density at radius 2 is 1.96 bits per heavy atom.